The van der Waals surface area contributed by atoms with Crippen molar-refractivity contribution in [3.05, 3.63) is 29.8 Å². The van der Waals surface area contributed by atoms with Gasteiger partial charge in [0.15, 0.2) is 0 Å². The third-order valence-corrected chi connectivity index (χ3v) is 3.01. The van der Waals surface area contributed by atoms with Crippen LogP contribution < -0.4 is 10.6 Å². The zero-order valence-corrected chi connectivity index (χ0v) is 11.3. The highest BCUT2D eigenvalue weighted by Gasteiger charge is 2.30. The van der Waals surface area contributed by atoms with Gasteiger partial charge in [0.25, 0.3) is 0 Å². The van der Waals surface area contributed by atoms with Crippen LogP contribution in [-0.2, 0) is 4.79 Å². The third-order valence-electron chi connectivity index (χ3n) is 3.01. The van der Waals surface area contributed by atoms with Gasteiger partial charge in [-0.15, -0.1) is 0 Å². The molecule has 0 unspecified atom stereocenters. The Kier molecular flexibility index (Phi) is 3.94. The predicted molar refractivity (Wildman–Crippen MR) is 72.0 cm³/mol. The molecule has 1 amide bonds. The number of amides is 1. The largest absolute Gasteiger partial charge is 0.319 e. The normalized spacial score (nSPS) is 13.3. The highest BCUT2D eigenvalue weighted by Crippen LogP contribution is 2.23. The monoisotopic (exact) mass is 234 g/mol. The van der Waals surface area contributed by atoms with Gasteiger partial charge < -0.3 is 10.6 Å². The first-order valence-corrected chi connectivity index (χ1v) is 5.84. The summed E-state index contributed by atoms with van der Waals surface area (Å²) >= 11 is 0. The number of benzene rings is 1. The molecule has 1 atom stereocenters. The van der Waals surface area contributed by atoms with Crippen molar-refractivity contribution in [1.29, 1.82) is 0 Å². The maximum absolute atomic E-state index is 12.2. The molecule has 0 fully saturated rings. The van der Waals surface area contributed by atoms with Gasteiger partial charge in [-0.05, 0) is 24.0 Å². The molecule has 3 heteroatoms. The summed E-state index contributed by atoms with van der Waals surface area (Å²) < 4.78 is 0. The fourth-order valence-corrected chi connectivity index (χ4v) is 1.64. The van der Waals surface area contributed by atoms with E-state index in [0.717, 1.165) is 11.3 Å². The Labute approximate surface area is 104 Å². The molecule has 0 saturated heterocycles. The van der Waals surface area contributed by atoms with Crippen LogP contribution in [0.1, 0.15) is 26.3 Å². The van der Waals surface area contributed by atoms with Gasteiger partial charge in [-0.3, -0.25) is 4.79 Å². The van der Waals surface area contributed by atoms with Crippen LogP contribution in [0, 0.1) is 12.3 Å². The zero-order chi connectivity index (χ0) is 13.2. The van der Waals surface area contributed by atoms with Gasteiger partial charge in [-0.1, -0.05) is 39.0 Å². The van der Waals surface area contributed by atoms with Crippen molar-refractivity contribution in [3.8, 4) is 0 Å². The minimum Gasteiger partial charge on any atom is -0.319 e. The second-order valence-electron chi connectivity index (χ2n) is 5.53. The van der Waals surface area contributed by atoms with E-state index < -0.39 is 6.04 Å². The van der Waals surface area contributed by atoms with Crippen molar-refractivity contribution >= 4 is 11.6 Å². The van der Waals surface area contributed by atoms with Crippen molar-refractivity contribution in [1.82, 2.24) is 0 Å². The van der Waals surface area contributed by atoms with Crippen molar-refractivity contribution in [2.45, 2.75) is 33.7 Å². The van der Waals surface area contributed by atoms with E-state index in [4.69, 9.17) is 5.73 Å². The van der Waals surface area contributed by atoms with E-state index in [-0.39, 0.29) is 11.3 Å². The fourth-order valence-electron chi connectivity index (χ4n) is 1.64. The molecule has 1 aromatic carbocycles. The first-order valence-electron chi connectivity index (χ1n) is 5.84. The Balaban J connectivity index is 2.95. The third kappa shape index (κ3) is 3.07. The number of anilines is 1. The van der Waals surface area contributed by atoms with Crippen LogP contribution in [0.4, 0.5) is 5.69 Å². The van der Waals surface area contributed by atoms with E-state index in [2.05, 4.69) is 0 Å². The number of carbonyl (C=O) groups is 1. The summed E-state index contributed by atoms with van der Waals surface area (Å²) in [5.74, 6) is -0.0493. The topological polar surface area (TPSA) is 46.3 Å². The molecule has 0 aliphatic rings. The average Bonchev–Trinajstić information content (AvgIpc) is 2.25. The van der Waals surface area contributed by atoms with Crippen LogP contribution in [0.25, 0.3) is 0 Å². The van der Waals surface area contributed by atoms with Crippen LogP contribution in [0.2, 0.25) is 0 Å². The summed E-state index contributed by atoms with van der Waals surface area (Å²) in [5, 5.41) is 0. The summed E-state index contributed by atoms with van der Waals surface area (Å²) in [7, 11) is 1.77. The van der Waals surface area contributed by atoms with Crippen LogP contribution in [-0.4, -0.2) is 19.0 Å². The maximum atomic E-state index is 12.2. The van der Waals surface area contributed by atoms with Gasteiger partial charge in [0.1, 0.15) is 0 Å². The Hall–Kier alpha value is -1.35. The van der Waals surface area contributed by atoms with Crippen LogP contribution in [0.3, 0.4) is 0 Å². The smallest absolute Gasteiger partial charge is 0.244 e. The Bertz CT molecular complexity index is 407. The second kappa shape index (κ2) is 4.88. The van der Waals surface area contributed by atoms with Crippen LogP contribution in [0.15, 0.2) is 24.3 Å². The number of rotatable bonds is 2. The minimum atomic E-state index is -0.493. The number of hydrogen-bond acceptors (Lipinski definition) is 2. The van der Waals surface area contributed by atoms with Gasteiger partial charge in [0, 0.05) is 12.7 Å². The van der Waals surface area contributed by atoms with E-state index in [1.165, 1.54) is 0 Å². The van der Waals surface area contributed by atoms with Gasteiger partial charge in [0.2, 0.25) is 5.91 Å². The highest BCUT2D eigenvalue weighted by molar-refractivity contribution is 5.97. The van der Waals surface area contributed by atoms with E-state index in [9.17, 15) is 4.79 Å². The van der Waals surface area contributed by atoms with Gasteiger partial charge in [-0.25, -0.2) is 0 Å². The summed E-state index contributed by atoms with van der Waals surface area (Å²) in [5.41, 5.74) is 7.75. The van der Waals surface area contributed by atoms with Gasteiger partial charge in [0.05, 0.1) is 6.04 Å². The second-order valence-corrected chi connectivity index (χ2v) is 5.53. The highest BCUT2D eigenvalue weighted by atomic mass is 16.2. The molecule has 0 aliphatic carbocycles. The number of nitrogens with zero attached hydrogens (tertiary/aromatic N) is 1. The molecule has 17 heavy (non-hydrogen) atoms. The predicted octanol–water partition coefficient (Wildman–Crippen LogP) is 2.33. The molecule has 0 bridgehead atoms. The summed E-state index contributed by atoms with van der Waals surface area (Å²) in [6.45, 7) is 7.91. The average molecular weight is 234 g/mol. The minimum absolute atomic E-state index is 0.0493. The van der Waals surface area contributed by atoms with Crippen molar-refractivity contribution in [2.75, 3.05) is 11.9 Å². The molecule has 1 aromatic rings. The lowest BCUT2D eigenvalue weighted by atomic mass is 9.86. The lowest BCUT2D eigenvalue weighted by Gasteiger charge is -2.30. The molecule has 94 valence electrons. The summed E-state index contributed by atoms with van der Waals surface area (Å²) in [6, 6.07) is 7.31. The standard InChI is InChI=1S/C14H22N2O/c1-10-8-6-7-9-11(10)16(5)13(17)12(15)14(2,3)4/h6-9,12H,15H2,1-5H3/t12-/m1/s1. The number of carbonyl (C=O) groups excluding carboxylic acids is 1. The number of para-hydroxylation sites is 1. The molecule has 0 saturated carbocycles. The van der Waals surface area contributed by atoms with Crippen LogP contribution in [0.5, 0.6) is 0 Å². The zero-order valence-electron chi connectivity index (χ0n) is 11.3. The quantitative estimate of drug-likeness (QED) is 0.853. The van der Waals surface area contributed by atoms with Crippen molar-refractivity contribution in [3.63, 3.8) is 0 Å². The SMILES string of the molecule is Cc1ccccc1N(C)C(=O)[C@@H](N)C(C)(C)C. The Morgan fingerprint density at radius 1 is 1.29 bits per heavy atom. The van der Waals surface area contributed by atoms with Crippen molar-refractivity contribution < 1.29 is 4.79 Å². The molecule has 3 nitrogen and oxygen atoms in total. The first kappa shape index (κ1) is 13.7. The first-order chi connectivity index (χ1) is 7.75. The lowest BCUT2D eigenvalue weighted by molar-refractivity contribution is -0.121. The van der Waals surface area contributed by atoms with E-state index in [0.29, 0.717) is 0 Å². The van der Waals surface area contributed by atoms with Gasteiger partial charge >= 0.3 is 0 Å². The molecule has 0 aromatic heterocycles. The number of likely N-dealkylation sites (N-methyl/N-ethyl adjacent to an activating group) is 1. The Morgan fingerprint density at radius 2 is 1.82 bits per heavy atom. The molecule has 0 spiro atoms. The molecular formula is C14H22N2O. The summed E-state index contributed by atoms with van der Waals surface area (Å²) in [4.78, 5) is 13.9. The molecule has 0 radical (unpaired) electrons. The fraction of sp³-hybridized carbons (Fsp3) is 0.500. The summed E-state index contributed by atoms with van der Waals surface area (Å²) in [6.07, 6.45) is 0. The molecule has 2 N–H and O–H groups in total. The van der Waals surface area contributed by atoms with Crippen molar-refractivity contribution in [2.24, 2.45) is 11.1 Å². The molecule has 0 aliphatic heterocycles. The number of hydrogen-bond donors (Lipinski definition) is 1. The molecule has 1 rings (SSSR count). The number of nitrogens with two attached hydrogens (primary N) is 1. The molecular weight excluding hydrogens is 212 g/mol. The number of aryl methyl sites for hydroxylation is 1. The van der Waals surface area contributed by atoms with E-state index in [1.807, 2.05) is 52.0 Å². The lowest BCUT2D eigenvalue weighted by Crippen LogP contribution is -2.49. The van der Waals surface area contributed by atoms with Gasteiger partial charge in [-0.2, -0.15) is 0 Å². The van der Waals surface area contributed by atoms with Crippen LogP contribution >= 0.6 is 0 Å². The maximum Gasteiger partial charge on any atom is 0.244 e. The van der Waals surface area contributed by atoms with E-state index in [1.54, 1.807) is 11.9 Å². The van der Waals surface area contributed by atoms with E-state index >= 15 is 0 Å². The molecule has 0 heterocycles. The Morgan fingerprint density at radius 3 is 2.29 bits per heavy atom.